The van der Waals surface area contributed by atoms with Crippen LogP contribution in [0.5, 0.6) is 0 Å². The largest absolute Gasteiger partial charge is 0.359 e. The number of anilines is 1. The standard InChI is InChI=1S/C19H17N3OS/c1-13-20-17(12-24-13)18-21-16-10-6-5-9-15(16)19(23)22(18)11-14-7-3-2-4-8-14/h2-10,12,18,21H,11H2,1H3. The number of nitrogens with zero attached hydrogens (tertiary/aromatic N) is 2. The third-order valence-electron chi connectivity index (χ3n) is 4.13. The Morgan fingerprint density at radius 1 is 1.12 bits per heavy atom. The van der Waals surface area contributed by atoms with Gasteiger partial charge in [0.25, 0.3) is 5.91 Å². The SMILES string of the molecule is Cc1nc(C2Nc3ccccc3C(=O)N2Cc2ccccc2)cs1. The molecule has 4 nitrogen and oxygen atoms in total. The van der Waals surface area contributed by atoms with Crippen LogP contribution in [0.25, 0.3) is 0 Å². The molecular weight excluding hydrogens is 318 g/mol. The highest BCUT2D eigenvalue weighted by Gasteiger charge is 2.33. The first kappa shape index (κ1) is 14.9. The van der Waals surface area contributed by atoms with Gasteiger partial charge in [-0.25, -0.2) is 4.98 Å². The number of aryl methyl sites for hydroxylation is 1. The summed E-state index contributed by atoms with van der Waals surface area (Å²) in [7, 11) is 0. The van der Waals surface area contributed by atoms with E-state index in [9.17, 15) is 4.79 Å². The number of aromatic nitrogens is 1. The summed E-state index contributed by atoms with van der Waals surface area (Å²) in [6.07, 6.45) is -0.252. The molecule has 0 saturated carbocycles. The lowest BCUT2D eigenvalue weighted by Gasteiger charge is -2.37. The molecule has 0 radical (unpaired) electrons. The Balaban J connectivity index is 1.75. The van der Waals surface area contributed by atoms with Crippen molar-refractivity contribution in [1.82, 2.24) is 9.88 Å². The fourth-order valence-electron chi connectivity index (χ4n) is 2.98. The van der Waals surface area contributed by atoms with E-state index in [1.165, 1.54) is 0 Å². The molecule has 2 aromatic carbocycles. The number of hydrogen-bond acceptors (Lipinski definition) is 4. The number of nitrogens with one attached hydrogen (secondary N) is 1. The van der Waals surface area contributed by atoms with Gasteiger partial charge in [-0.2, -0.15) is 0 Å². The van der Waals surface area contributed by atoms with Crippen molar-refractivity contribution in [3.05, 3.63) is 81.8 Å². The summed E-state index contributed by atoms with van der Waals surface area (Å²) >= 11 is 1.60. The predicted octanol–water partition coefficient (Wildman–Crippen LogP) is 4.22. The summed E-state index contributed by atoms with van der Waals surface area (Å²) < 4.78 is 0. The molecule has 1 aliphatic heterocycles. The minimum Gasteiger partial charge on any atom is -0.359 e. The summed E-state index contributed by atoms with van der Waals surface area (Å²) in [5, 5.41) is 6.49. The van der Waals surface area contributed by atoms with Crippen molar-refractivity contribution < 1.29 is 4.79 Å². The van der Waals surface area contributed by atoms with E-state index < -0.39 is 0 Å². The van der Waals surface area contributed by atoms with Crippen LogP contribution in [0.3, 0.4) is 0 Å². The number of amides is 1. The maximum Gasteiger partial charge on any atom is 0.258 e. The molecular formula is C19H17N3OS. The second-order valence-corrected chi connectivity index (χ2v) is 6.86. The number of para-hydroxylation sites is 1. The fraction of sp³-hybridized carbons (Fsp3) is 0.158. The third kappa shape index (κ3) is 2.67. The summed E-state index contributed by atoms with van der Waals surface area (Å²) in [5.41, 5.74) is 3.55. The van der Waals surface area contributed by atoms with Gasteiger partial charge in [0.2, 0.25) is 0 Å². The first-order chi connectivity index (χ1) is 11.7. The Morgan fingerprint density at radius 2 is 1.88 bits per heavy atom. The predicted molar refractivity (Wildman–Crippen MR) is 96.0 cm³/mol. The van der Waals surface area contributed by atoms with Crippen molar-refractivity contribution in [2.75, 3.05) is 5.32 Å². The molecule has 24 heavy (non-hydrogen) atoms. The minimum absolute atomic E-state index is 0.0313. The van der Waals surface area contributed by atoms with Crippen LogP contribution in [0, 0.1) is 6.92 Å². The highest BCUT2D eigenvalue weighted by atomic mass is 32.1. The van der Waals surface area contributed by atoms with Crippen LogP contribution >= 0.6 is 11.3 Å². The normalized spacial score (nSPS) is 16.6. The van der Waals surface area contributed by atoms with E-state index in [-0.39, 0.29) is 12.1 Å². The van der Waals surface area contributed by atoms with E-state index >= 15 is 0 Å². The van der Waals surface area contributed by atoms with Crippen LogP contribution in [0.1, 0.15) is 32.8 Å². The molecule has 1 aromatic heterocycles. The van der Waals surface area contributed by atoms with Crippen LogP contribution in [0.2, 0.25) is 0 Å². The number of benzene rings is 2. The van der Waals surface area contributed by atoms with Crippen LogP contribution in [0.4, 0.5) is 5.69 Å². The quantitative estimate of drug-likeness (QED) is 0.779. The Hall–Kier alpha value is -2.66. The number of carbonyl (C=O) groups is 1. The maximum absolute atomic E-state index is 13.1. The van der Waals surface area contributed by atoms with Crippen LogP contribution in [-0.4, -0.2) is 15.8 Å². The molecule has 1 atom stereocenters. The molecule has 0 fully saturated rings. The first-order valence-corrected chi connectivity index (χ1v) is 8.73. The van der Waals surface area contributed by atoms with Crippen molar-refractivity contribution in [1.29, 1.82) is 0 Å². The second-order valence-electron chi connectivity index (χ2n) is 5.80. The van der Waals surface area contributed by atoms with Crippen LogP contribution in [0.15, 0.2) is 60.0 Å². The molecule has 1 unspecified atom stereocenters. The van der Waals surface area contributed by atoms with E-state index in [4.69, 9.17) is 0 Å². The Labute approximate surface area is 144 Å². The maximum atomic E-state index is 13.1. The molecule has 120 valence electrons. The Bertz CT molecular complexity index is 875. The van der Waals surface area contributed by atoms with Crippen LogP contribution in [-0.2, 0) is 6.54 Å². The lowest BCUT2D eigenvalue weighted by Crippen LogP contribution is -2.42. The molecule has 3 aromatic rings. The lowest BCUT2D eigenvalue weighted by atomic mass is 10.1. The minimum atomic E-state index is -0.252. The summed E-state index contributed by atoms with van der Waals surface area (Å²) in [6.45, 7) is 2.52. The average Bonchev–Trinajstić information content (AvgIpc) is 3.04. The van der Waals surface area contributed by atoms with E-state index in [0.717, 1.165) is 22.0 Å². The highest BCUT2D eigenvalue weighted by Crippen LogP contribution is 2.34. The summed E-state index contributed by atoms with van der Waals surface area (Å²) in [4.78, 5) is 19.5. The zero-order valence-electron chi connectivity index (χ0n) is 13.3. The number of hydrogen-bond donors (Lipinski definition) is 1. The molecule has 5 heteroatoms. The van der Waals surface area contributed by atoms with Crippen molar-refractivity contribution in [2.24, 2.45) is 0 Å². The first-order valence-electron chi connectivity index (χ1n) is 7.85. The van der Waals surface area contributed by atoms with Gasteiger partial charge in [-0.3, -0.25) is 4.79 Å². The second kappa shape index (κ2) is 6.09. The van der Waals surface area contributed by atoms with E-state index in [1.54, 1.807) is 11.3 Å². The van der Waals surface area contributed by atoms with Gasteiger partial charge in [-0.15, -0.1) is 11.3 Å². The molecule has 0 saturated heterocycles. The summed E-state index contributed by atoms with van der Waals surface area (Å²) in [6, 6.07) is 17.7. The third-order valence-corrected chi connectivity index (χ3v) is 4.93. The lowest BCUT2D eigenvalue weighted by molar-refractivity contribution is 0.0663. The average molecular weight is 335 g/mol. The zero-order valence-corrected chi connectivity index (χ0v) is 14.1. The Morgan fingerprint density at radius 3 is 2.62 bits per heavy atom. The zero-order chi connectivity index (χ0) is 16.5. The number of fused-ring (bicyclic) bond motifs is 1. The molecule has 0 spiro atoms. The van der Waals surface area contributed by atoms with E-state index in [2.05, 4.69) is 10.3 Å². The molecule has 4 rings (SSSR count). The van der Waals surface area contributed by atoms with Gasteiger partial charge in [-0.05, 0) is 24.6 Å². The van der Waals surface area contributed by atoms with Crippen molar-refractivity contribution in [3.63, 3.8) is 0 Å². The number of thiazole rings is 1. The van der Waals surface area contributed by atoms with Gasteiger partial charge < -0.3 is 10.2 Å². The van der Waals surface area contributed by atoms with Gasteiger partial charge in [-0.1, -0.05) is 42.5 Å². The fourth-order valence-corrected chi connectivity index (χ4v) is 3.61. The van der Waals surface area contributed by atoms with E-state index in [0.29, 0.717) is 12.1 Å². The molecule has 0 bridgehead atoms. The van der Waals surface area contributed by atoms with E-state index in [1.807, 2.05) is 71.8 Å². The van der Waals surface area contributed by atoms with Gasteiger partial charge in [0.05, 0.1) is 16.3 Å². The smallest absolute Gasteiger partial charge is 0.258 e. The van der Waals surface area contributed by atoms with Crippen LogP contribution < -0.4 is 5.32 Å². The van der Waals surface area contributed by atoms with Gasteiger partial charge in [0.1, 0.15) is 6.17 Å². The van der Waals surface area contributed by atoms with Crippen molar-refractivity contribution >= 4 is 22.9 Å². The number of carbonyl (C=O) groups excluding carboxylic acids is 1. The van der Waals surface area contributed by atoms with Gasteiger partial charge in [0, 0.05) is 17.6 Å². The molecule has 1 N–H and O–H groups in total. The van der Waals surface area contributed by atoms with Gasteiger partial charge in [0.15, 0.2) is 0 Å². The van der Waals surface area contributed by atoms with Crippen molar-refractivity contribution in [3.8, 4) is 0 Å². The highest BCUT2D eigenvalue weighted by molar-refractivity contribution is 7.09. The topological polar surface area (TPSA) is 45.2 Å². The molecule has 1 aliphatic rings. The number of rotatable bonds is 3. The van der Waals surface area contributed by atoms with Crippen molar-refractivity contribution in [2.45, 2.75) is 19.6 Å². The Kier molecular flexibility index (Phi) is 3.78. The monoisotopic (exact) mass is 335 g/mol. The molecule has 2 heterocycles. The van der Waals surface area contributed by atoms with Gasteiger partial charge >= 0.3 is 0 Å². The molecule has 1 amide bonds. The summed E-state index contributed by atoms with van der Waals surface area (Å²) in [5.74, 6) is 0.0313. The molecule has 0 aliphatic carbocycles.